The maximum atomic E-state index is 12.1. The fourth-order valence-corrected chi connectivity index (χ4v) is 1.66. The zero-order chi connectivity index (χ0) is 19.0. The first-order chi connectivity index (χ1) is 11.8. The third-order valence-electron chi connectivity index (χ3n) is 2.87. The molecule has 0 unspecified atom stereocenters. The second-order valence-corrected chi connectivity index (χ2v) is 4.60. The molecule has 2 aromatic rings. The lowest BCUT2D eigenvalue weighted by atomic mass is 10.0. The first kappa shape index (κ1) is 19.1. The van der Waals surface area contributed by atoms with E-state index in [0.29, 0.717) is 5.56 Å². The van der Waals surface area contributed by atoms with Gasteiger partial charge in [0.25, 0.3) is 0 Å². The predicted molar refractivity (Wildman–Crippen MR) is 83.4 cm³/mol. The number of hydrogen-bond donors (Lipinski definition) is 0. The highest BCUT2D eigenvalue weighted by Crippen LogP contribution is 2.29. The summed E-state index contributed by atoms with van der Waals surface area (Å²) in [5.41, 5.74) is 0.0868. The Bertz CT molecular complexity index is 859. The number of nitro benzene ring substituents is 1. The highest BCUT2D eigenvalue weighted by atomic mass is 16.6. The van der Waals surface area contributed by atoms with Gasteiger partial charge in [-0.2, -0.15) is 0 Å². The van der Waals surface area contributed by atoms with Crippen LogP contribution in [0.15, 0.2) is 48.5 Å². The van der Waals surface area contributed by atoms with Crippen LogP contribution in [0.25, 0.3) is 4.98 Å². The standard InChI is InChI=1S/C13H8N3O3.C3H4O3/c14-15-11-8-10(6-7-12(11)16(18)19)13(17)9-4-2-1-3-5-9;1-2(4)3(5)6/h1-8H;1H3,(H,5,6)/q+1;/p-1. The molecule has 0 spiro atoms. The highest BCUT2D eigenvalue weighted by Gasteiger charge is 2.26. The molecule has 0 radical (unpaired) electrons. The Balaban J connectivity index is 0.000000450. The number of carbonyl (C=O) groups is 3. The smallest absolute Gasteiger partial charge is 0.461 e. The molecule has 126 valence electrons. The normalized spacial score (nSPS) is 9.12. The molecular weight excluding hydrogens is 330 g/mol. The van der Waals surface area contributed by atoms with E-state index in [1.807, 2.05) is 0 Å². The number of aliphatic carboxylic acids is 1. The average molecular weight is 341 g/mol. The van der Waals surface area contributed by atoms with Gasteiger partial charge in [0, 0.05) is 24.1 Å². The van der Waals surface area contributed by atoms with Gasteiger partial charge in [0.1, 0.15) is 5.97 Å². The minimum Gasteiger partial charge on any atom is -0.542 e. The number of nitro groups is 1. The molecule has 0 aliphatic rings. The van der Waals surface area contributed by atoms with Gasteiger partial charge in [0.05, 0.1) is 11.0 Å². The number of diazo groups is 1. The molecule has 0 amide bonds. The zero-order valence-corrected chi connectivity index (χ0v) is 12.9. The molecule has 0 N–H and O–H groups in total. The van der Waals surface area contributed by atoms with E-state index in [1.54, 1.807) is 30.3 Å². The van der Waals surface area contributed by atoms with E-state index in [2.05, 4.69) is 4.98 Å². The summed E-state index contributed by atoms with van der Waals surface area (Å²) in [4.78, 5) is 43.7. The van der Waals surface area contributed by atoms with Crippen molar-refractivity contribution in [2.24, 2.45) is 0 Å². The number of carboxylic acid groups (broad SMARTS) is 1. The van der Waals surface area contributed by atoms with Crippen molar-refractivity contribution in [3.8, 4) is 0 Å². The Morgan fingerprint density at radius 2 is 1.60 bits per heavy atom. The van der Waals surface area contributed by atoms with E-state index < -0.39 is 16.7 Å². The second kappa shape index (κ2) is 8.64. The van der Waals surface area contributed by atoms with Gasteiger partial charge < -0.3 is 9.90 Å². The van der Waals surface area contributed by atoms with Crippen LogP contribution in [0, 0.1) is 15.5 Å². The molecule has 0 bridgehead atoms. The van der Waals surface area contributed by atoms with Gasteiger partial charge in [0.2, 0.25) is 5.39 Å². The average Bonchev–Trinajstić information content (AvgIpc) is 2.61. The van der Waals surface area contributed by atoms with Crippen molar-refractivity contribution in [3.63, 3.8) is 0 Å². The molecule has 0 heterocycles. The molecule has 0 aliphatic carbocycles. The van der Waals surface area contributed by atoms with Crippen molar-refractivity contribution in [3.05, 3.63) is 74.7 Å². The maximum Gasteiger partial charge on any atom is 0.461 e. The number of nitrogens with zero attached hydrogens (tertiary/aromatic N) is 3. The minimum absolute atomic E-state index is 0.226. The molecule has 0 fully saturated rings. The Labute approximate surface area is 141 Å². The van der Waals surface area contributed by atoms with Crippen LogP contribution in [0.4, 0.5) is 11.4 Å². The molecule has 9 nitrogen and oxygen atoms in total. The Hall–Kier alpha value is -3.93. The van der Waals surface area contributed by atoms with E-state index in [1.165, 1.54) is 12.1 Å². The summed E-state index contributed by atoms with van der Waals surface area (Å²) in [6.07, 6.45) is 0. The summed E-state index contributed by atoms with van der Waals surface area (Å²) >= 11 is 0. The van der Waals surface area contributed by atoms with E-state index in [0.717, 1.165) is 13.0 Å². The second-order valence-electron chi connectivity index (χ2n) is 4.60. The first-order valence-corrected chi connectivity index (χ1v) is 6.73. The topological polar surface area (TPSA) is 146 Å². The Morgan fingerprint density at radius 1 is 1.04 bits per heavy atom. The van der Waals surface area contributed by atoms with Crippen molar-refractivity contribution in [1.29, 1.82) is 5.39 Å². The number of ketones is 2. The van der Waals surface area contributed by atoms with Crippen molar-refractivity contribution in [2.75, 3.05) is 0 Å². The van der Waals surface area contributed by atoms with Crippen LogP contribution in [-0.4, -0.2) is 22.5 Å². The molecule has 2 rings (SSSR count). The highest BCUT2D eigenvalue weighted by molar-refractivity contribution is 6.30. The Kier molecular flexibility index (Phi) is 6.60. The van der Waals surface area contributed by atoms with Crippen molar-refractivity contribution in [2.45, 2.75) is 6.92 Å². The van der Waals surface area contributed by atoms with Crippen LogP contribution in [0.1, 0.15) is 22.8 Å². The fourth-order valence-electron chi connectivity index (χ4n) is 1.66. The summed E-state index contributed by atoms with van der Waals surface area (Å²) in [5.74, 6) is -2.86. The van der Waals surface area contributed by atoms with E-state index in [9.17, 15) is 29.6 Å². The number of hydrogen-bond acceptors (Lipinski definition) is 7. The summed E-state index contributed by atoms with van der Waals surface area (Å²) in [7, 11) is 0. The third kappa shape index (κ3) is 5.33. The summed E-state index contributed by atoms with van der Waals surface area (Å²) in [6.45, 7) is 0.940. The lowest BCUT2D eigenvalue weighted by Gasteiger charge is -1.99. The molecule has 0 atom stereocenters. The van der Waals surface area contributed by atoms with Gasteiger partial charge in [-0.25, -0.2) is 0 Å². The van der Waals surface area contributed by atoms with Crippen LogP contribution >= 0.6 is 0 Å². The van der Waals surface area contributed by atoms with Crippen LogP contribution in [-0.2, 0) is 9.59 Å². The summed E-state index contributed by atoms with van der Waals surface area (Å²) in [6, 6.07) is 12.2. The van der Waals surface area contributed by atoms with E-state index in [4.69, 9.17) is 5.39 Å². The maximum absolute atomic E-state index is 12.1. The van der Waals surface area contributed by atoms with Gasteiger partial charge in [0.15, 0.2) is 16.5 Å². The summed E-state index contributed by atoms with van der Waals surface area (Å²) < 4.78 is 0. The zero-order valence-electron chi connectivity index (χ0n) is 12.9. The van der Waals surface area contributed by atoms with Crippen LogP contribution in [0.5, 0.6) is 0 Å². The number of Topliss-reactive ketones (excluding diaryl/α,β-unsaturated/α-hetero) is 1. The number of rotatable bonds is 4. The lowest BCUT2D eigenvalue weighted by Crippen LogP contribution is -2.29. The molecule has 25 heavy (non-hydrogen) atoms. The first-order valence-electron chi connectivity index (χ1n) is 6.73. The fraction of sp³-hybridized carbons (Fsp3) is 0.0625. The molecular formula is C16H11N3O6. The Morgan fingerprint density at radius 3 is 2.04 bits per heavy atom. The van der Waals surface area contributed by atoms with Gasteiger partial charge >= 0.3 is 11.4 Å². The van der Waals surface area contributed by atoms with Crippen molar-refractivity contribution in [1.82, 2.24) is 0 Å². The van der Waals surface area contributed by atoms with Crippen LogP contribution in [0.3, 0.4) is 0 Å². The molecule has 0 saturated carbocycles. The quantitative estimate of drug-likeness (QED) is 0.270. The minimum atomic E-state index is -1.63. The number of carboxylic acids is 1. The molecule has 0 aromatic heterocycles. The van der Waals surface area contributed by atoms with Gasteiger partial charge in [-0.15, -0.1) is 0 Å². The molecule has 9 heteroatoms. The van der Waals surface area contributed by atoms with Crippen molar-refractivity contribution < 1.29 is 24.4 Å². The third-order valence-corrected chi connectivity index (χ3v) is 2.87. The molecule has 0 aliphatic heterocycles. The number of benzene rings is 2. The lowest BCUT2D eigenvalue weighted by molar-refractivity contribution is -0.383. The summed E-state index contributed by atoms with van der Waals surface area (Å²) in [5, 5.41) is 28.7. The molecule has 2 aromatic carbocycles. The van der Waals surface area contributed by atoms with E-state index >= 15 is 0 Å². The van der Waals surface area contributed by atoms with Gasteiger partial charge in [-0.1, -0.05) is 30.3 Å². The SMILES string of the molecule is CC(=O)C(=O)[O-].N#[N+]c1cc(C(=O)c2ccccc2)ccc1[N+](=O)[O-]. The van der Waals surface area contributed by atoms with Crippen LogP contribution in [0.2, 0.25) is 0 Å². The van der Waals surface area contributed by atoms with Gasteiger partial charge in [-0.05, 0) is 6.07 Å². The molecule has 0 saturated heterocycles. The van der Waals surface area contributed by atoms with E-state index in [-0.39, 0.29) is 22.7 Å². The van der Waals surface area contributed by atoms with Gasteiger partial charge in [-0.3, -0.25) is 19.7 Å². The monoisotopic (exact) mass is 341 g/mol. The number of carbonyl (C=O) groups excluding carboxylic acids is 3. The van der Waals surface area contributed by atoms with Crippen LogP contribution < -0.4 is 5.11 Å². The van der Waals surface area contributed by atoms with Crippen molar-refractivity contribution >= 4 is 28.9 Å². The largest absolute Gasteiger partial charge is 0.542 e. The predicted octanol–water partition coefficient (Wildman–Crippen LogP) is 1.64.